The van der Waals surface area contributed by atoms with Gasteiger partial charge in [0.25, 0.3) is 0 Å². The zero-order valence-corrected chi connectivity index (χ0v) is 13.0. The highest BCUT2D eigenvalue weighted by Crippen LogP contribution is 2.35. The SMILES string of the molecule is CC1CCCC(CNC(=O)C(C)Br)(N(C)C)C1. The van der Waals surface area contributed by atoms with E-state index in [1.54, 1.807) is 0 Å². The van der Waals surface area contributed by atoms with Crippen LogP contribution in [0.2, 0.25) is 0 Å². The van der Waals surface area contributed by atoms with Gasteiger partial charge in [0.05, 0.1) is 4.83 Å². The topological polar surface area (TPSA) is 32.3 Å². The van der Waals surface area contributed by atoms with E-state index < -0.39 is 0 Å². The Bertz CT molecular complexity index is 268. The van der Waals surface area contributed by atoms with Gasteiger partial charge in [0, 0.05) is 12.1 Å². The van der Waals surface area contributed by atoms with Crippen LogP contribution in [0.1, 0.15) is 39.5 Å². The minimum Gasteiger partial charge on any atom is -0.353 e. The van der Waals surface area contributed by atoms with Crippen LogP contribution in [0.25, 0.3) is 0 Å². The van der Waals surface area contributed by atoms with Crippen molar-refractivity contribution in [3.63, 3.8) is 0 Å². The van der Waals surface area contributed by atoms with E-state index in [2.05, 4.69) is 47.2 Å². The van der Waals surface area contributed by atoms with Gasteiger partial charge in [-0.3, -0.25) is 4.79 Å². The monoisotopic (exact) mass is 304 g/mol. The molecule has 0 aromatic heterocycles. The molecule has 0 aromatic carbocycles. The number of nitrogens with one attached hydrogen (secondary N) is 1. The summed E-state index contributed by atoms with van der Waals surface area (Å²) in [4.78, 5) is 13.8. The molecule has 0 radical (unpaired) electrons. The first kappa shape index (κ1) is 15.0. The number of amides is 1. The van der Waals surface area contributed by atoms with Crippen LogP contribution in [0.4, 0.5) is 0 Å². The molecule has 100 valence electrons. The third-order valence-corrected chi connectivity index (χ3v) is 4.38. The van der Waals surface area contributed by atoms with Crippen LogP contribution in [0.5, 0.6) is 0 Å². The van der Waals surface area contributed by atoms with Crippen molar-refractivity contribution >= 4 is 21.8 Å². The Morgan fingerprint density at radius 1 is 1.59 bits per heavy atom. The smallest absolute Gasteiger partial charge is 0.233 e. The molecule has 3 nitrogen and oxygen atoms in total. The Labute approximate surface area is 113 Å². The molecule has 1 rings (SSSR count). The molecule has 4 heteroatoms. The maximum Gasteiger partial charge on any atom is 0.233 e. The van der Waals surface area contributed by atoms with E-state index >= 15 is 0 Å². The highest BCUT2D eigenvalue weighted by atomic mass is 79.9. The third-order valence-electron chi connectivity index (χ3n) is 3.97. The van der Waals surface area contributed by atoms with E-state index in [1.165, 1.54) is 25.7 Å². The molecule has 1 amide bonds. The van der Waals surface area contributed by atoms with E-state index in [1.807, 2.05) is 6.92 Å². The Hall–Kier alpha value is -0.0900. The van der Waals surface area contributed by atoms with Gasteiger partial charge in [-0.05, 0) is 39.8 Å². The maximum absolute atomic E-state index is 11.7. The molecule has 0 saturated heterocycles. The van der Waals surface area contributed by atoms with Crippen LogP contribution in [0, 0.1) is 5.92 Å². The molecule has 1 aliphatic rings. The molecule has 1 saturated carbocycles. The Morgan fingerprint density at radius 3 is 2.71 bits per heavy atom. The van der Waals surface area contributed by atoms with Gasteiger partial charge in [-0.1, -0.05) is 35.7 Å². The van der Waals surface area contributed by atoms with Crippen LogP contribution in [0.3, 0.4) is 0 Å². The molecule has 1 aliphatic carbocycles. The van der Waals surface area contributed by atoms with E-state index in [-0.39, 0.29) is 16.3 Å². The fourth-order valence-corrected chi connectivity index (χ4v) is 2.91. The van der Waals surface area contributed by atoms with Crippen LogP contribution < -0.4 is 5.32 Å². The number of rotatable bonds is 4. The van der Waals surface area contributed by atoms with Gasteiger partial charge in [0.1, 0.15) is 0 Å². The summed E-state index contributed by atoms with van der Waals surface area (Å²) in [6.45, 7) is 4.94. The largest absolute Gasteiger partial charge is 0.353 e. The van der Waals surface area contributed by atoms with Crippen molar-refractivity contribution in [2.45, 2.75) is 49.9 Å². The predicted octanol–water partition coefficient (Wildman–Crippen LogP) is 2.40. The standard InChI is InChI=1S/C13H25BrN2O/c1-10-6-5-7-13(8-10,16(3)4)9-15-12(17)11(2)14/h10-11H,5-9H2,1-4H3,(H,15,17). The van der Waals surface area contributed by atoms with E-state index in [4.69, 9.17) is 0 Å². The highest BCUT2D eigenvalue weighted by molar-refractivity contribution is 9.10. The highest BCUT2D eigenvalue weighted by Gasteiger charge is 2.37. The van der Waals surface area contributed by atoms with Crippen molar-refractivity contribution in [3.8, 4) is 0 Å². The lowest BCUT2D eigenvalue weighted by atomic mass is 9.75. The summed E-state index contributed by atoms with van der Waals surface area (Å²) in [7, 11) is 4.25. The zero-order valence-electron chi connectivity index (χ0n) is 11.4. The lowest BCUT2D eigenvalue weighted by molar-refractivity contribution is -0.121. The van der Waals surface area contributed by atoms with Gasteiger partial charge in [0.2, 0.25) is 5.91 Å². The molecule has 0 spiro atoms. The summed E-state index contributed by atoms with van der Waals surface area (Å²) in [6.07, 6.45) is 4.94. The number of hydrogen-bond donors (Lipinski definition) is 1. The van der Waals surface area contributed by atoms with Gasteiger partial charge < -0.3 is 10.2 Å². The number of halogens is 1. The number of carbonyl (C=O) groups is 1. The minimum absolute atomic E-state index is 0.0875. The van der Waals surface area contributed by atoms with Crippen molar-refractivity contribution in [2.75, 3.05) is 20.6 Å². The molecular formula is C13H25BrN2O. The molecule has 1 N–H and O–H groups in total. The average molecular weight is 305 g/mol. The summed E-state index contributed by atoms with van der Waals surface area (Å²) in [5, 5.41) is 3.07. The maximum atomic E-state index is 11.7. The van der Waals surface area contributed by atoms with Gasteiger partial charge in [0.15, 0.2) is 0 Å². The number of hydrogen-bond acceptors (Lipinski definition) is 2. The fourth-order valence-electron chi connectivity index (χ4n) is 2.75. The molecule has 0 aromatic rings. The van der Waals surface area contributed by atoms with Crippen LogP contribution in [0.15, 0.2) is 0 Å². The first-order chi connectivity index (χ1) is 7.87. The normalized spacial score (nSPS) is 31.3. The molecule has 0 bridgehead atoms. The molecule has 3 unspecified atom stereocenters. The van der Waals surface area contributed by atoms with E-state index in [0.29, 0.717) is 0 Å². The summed E-state index contributed by atoms with van der Waals surface area (Å²) < 4.78 is 0. The van der Waals surface area contributed by atoms with Gasteiger partial charge in [-0.15, -0.1) is 0 Å². The van der Waals surface area contributed by atoms with Crippen molar-refractivity contribution < 1.29 is 4.79 Å². The summed E-state index contributed by atoms with van der Waals surface area (Å²) in [5.74, 6) is 0.842. The Balaban J connectivity index is 2.62. The summed E-state index contributed by atoms with van der Waals surface area (Å²) in [5.41, 5.74) is 0.148. The molecule has 0 aliphatic heterocycles. The Morgan fingerprint density at radius 2 is 2.24 bits per heavy atom. The average Bonchev–Trinajstić information content (AvgIpc) is 2.25. The first-order valence-electron chi connectivity index (χ1n) is 6.46. The zero-order chi connectivity index (χ0) is 13.1. The van der Waals surface area contributed by atoms with Crippen LogP contribution >= 0.6 is 15.9 Å². The summed E-state index contributed by atoms with van der Waals surface area (Å²) in [6, 6.07) is 0. The van der Waals surface area contributed by atoms with Gasteiger partial charge >= 0.3 is 0 Å². The Kier molecular flexibility index (Phi) is 5.45. The summed E-state index contributed by atoms with van der Waals surface area (Å²) >= 11 is 3.31. The number of carbonyl (C=O) groups excluding carboxylic acids is 1. The second kappa shape index (κ2) is 6.19. The third kappa shape index (κ3) is 3.95. The first-order valence-corrected chi connectivity index (χ1v) is 7.38. The second-order valence-corrected chi connectivity index (χ2v) is 7.03. The van der Waals surface area contributed by atoms with Crippen molar-refractivity contribution in [3.05, 3.63) is 0 Å². The van der Waals surface area contributed by atoms with E-state index in [0.717, 1.165) is 12.5 Å². The van der Waals surface area contributed by atoms with Gasteiger partial charge in [-0.2, -0.15) is 0 Å². The van der Waals surface area contributed by atoms with Gasteiger partial charge in [-0.25, -0.2) is 0 Å². The molecule has 17 heavy (non-hydrogen) atoms. The molecule has 1 fully saturated rings. The molecule has 0 heterocycles. The van der Waals surface area contributed by atoms with E-state index in [9.17, 15) is 4.79 Å². The predicted molar refractivity (Wildman–Crippen MR) is 75.4 cm³/mol. The van der Waals surface area contributed by atoms with Crippen molar-refractivity contribution in [1.29, 1.82) is 0 Å². The van der Waals surface area contributed by atoms with Crippen molar-refractivity contribution in [1.82, 2.24) is 10.2 Å². The quantitative estimate of drug-likeness (QED) is 0.809. The van der Waals surface area contributed by atoms with Crippen molar-refractivity contribution in [2.24, 2.45) is 5.92 Å². The lowest BCUT2D eigenvalue weighted by Crippen LogP contribution is -2.55. The lowest BCUT2D eigenvalue weighted by Gasteiger charge is -2.45. The number of likely N-dealkylation sites (N-methyl/N-ethyl adjacent to an activating group) is 1. The van der Waals surface area contributed by atoms with Crippen LogP contribution in [-0.4, -0.2) is 41.8 Å². The second-order valence-electron chi connectivity index (χ2n) is 5.65. The fraction of sp³-hybridized carbons (Fsp3) is 0.923. The number of alkyl halides is 1. The molecular weight excluding hydrogens is 280 g/mol. The number of nitrogens with zero attached hydrogens (tertiary/aromatic N) is 1. The van der Waals surface area contributed by atoms with Crippen LogP contribution in [-0.2, 0) is 4.79 Å². The minimum atomic E-state index is -0.109. The molecule has 3 atom stereocenters.